The third-order valence-electron chi connectivity index (χ3n) is 4.95. The minimum absolute atomic E-state index is 0.00921. The number of amides is 2. The Hall–Kier alpha value is -4.38. The van der Waals surface area contributed by atoms with E-state index in [-0.39, 0.29) is 22.9 Å². The number of nitrogen functional groups attached to an aromatic ring is 1. The maximum atomic E-state index is 13.1. The molecule has 0 fully saturated rings. The van der Waals surface area contributed by atoms with Crippen LogP contribution in [0.2, 0.25) is 5.02 Å². The van der Waals surface area contributed by atoms with Crippen molar-refractivity contribution in [1.29, 1.82) is 0 Å². The molecule has 0 saturated heterocycles. The summed E-state index contributed by atoms with van der Waals surface area (Å²) in [5.41, 5.74) is 6.80. The fourth-order valence-electron chi connectivity index (χ4n) is 3.22. The van der Waals surface area contributed by atoms with Crippen LogP contribution in [0.5, 0.6) is 11.8 Å². The zero-order valence-electron chi connectivity index (χ0n) is 18.6. The molecule has 36 heavy (non-hydrogen) atoms. The number of pyridine rings is 1. The second-order valence-electron chi connectivity index (χ2n) is 7.57. The van der Waals surface area contributed by atoms with E-state index in [1.54, 1.807) is 30.3 Å². The molecule has 12 heteroatoms. The van der Waals surface area contributed by atoms with Gasteiger partial charge in [0.25, 0.3) is 0 Å². The number of benzene rings is 2. The van der Waals surface area contributed by atoms with Gasteiger partial charge in [-0.3, -0.25) is 0 Å². The average molecular weight is 515 g/mol. The van der Waals surface area contributed by atoms with Gasteiger partial charge in [-0.05, 0) is 48.4 Å². The highest BCUT2D eigenvalue weighted by Gasteiger charge is 2.32. The van der Waals surface area contributed by atoms with Crippen molar-refractivity contribution in [3.8, 4) is 22.9 Å². The number of urea groups is 1. The maximum absolute atomic E-state index is 13.1. The molecule has 0 saturated carbocycles. The van der Waals surface area contributed by atoms with Crippen LogP contribution in [0, 0.1) is 6.92 Å². The molecular weight excluding hydrogens is 497 g/mol. The number of aryl methyl sites for hydroxylation is 1. The van der Waals surface area contributed by atoms with E-state index < -0.39 is 17.8 Å². The second kappa shape index (κ2) is 10.1. The van der Waals surface area contributed by atoms with Gasteiger partial charge in [0.15, 0.2) is 0 Å². The van der Waals surface area contributed by atoms with Crippen LogP contribution in [-0.2, 0) is 6.18 Å². The number of rotatable bonds is 5. The molecule has 2 amide bonds. The molecule has 0 bridgehead atoms. The molecule has 2 aromatic heterocycles. The number of anilines is 3. The number of alkyl halides is 3. The van der Waals surface area contributed by atoms with Gasteiger partial charge in [0.05, 0.1) is 28.7 Å². The topological polar surface area (TPSA) is 115 Å². The molecule has 2 aromatic carbocycles. The molecule has 0 radical (unpaired) electrons. The van der Waals surface area contributed by atoms with Crippen LogP contribution in [0.4, 0.5) is 35.2 Å². The van der Waals surface area contributed by atoms with Gasteiger partial charge in [0.1, 0.15) is 11.6 Å². The summed E-state index contributed by atoms with van der Waals surface area (Å²) in [6, 6.07) is 11.4. The third-order valence-corrected chi connectivity index (χ3v) is 5.15. The zero-order chi connectivity index (χ0) is 25.9. The number of carbonyl (C=O) groups excluding carboxylic acids is 1. The quantitative estimate of drug-likeness (QED) is 0.278. The van der Waals surface area contributed by atoms with E-state index >= 15 is 0 Å². The van der Waals surface area contributed by atoms with Crippen molar-refractivity contribution in [2.45, 2.75) is 13.1 Å². The Morgan fingerprint density at radius 1 is 0.944 bits per heavy atom. The molecule has 0 spiro atoms. The van der Waals surface area contributed by atoms with E-state index in [2.05, 4.69) is 25.6 Å². The Morgan fingerprint density at radius 2 is 1.61 bits per heavy atom. The monoisotopic (exact) mass is 514 g/mol. The smallest absolute Gasteiger partial charge is 0.416 e. The normalized spacial score (nSPS) is 11.1. The fourth-order valence-corrected chi connectivity index (χ4v) is 3.38. The summed E-state index contributed by atoms with van der Waals surface area (Å²) in [4.78, 5) is 24.3. The largest absolute Gasteiger partial charge is 0.424 e. The molecule has 2 heterocycles. The van der Waals surface area contributed by atoms with Crippen LogP contribution in [0.3, 0.4) is 0 Å². The molecule has 0 aliphatic rings. The SMILES string of the molecule is Cc1ccc(NC(=O)Nc2cnc(Oc3ccc(-c4cc(Cl)cnc4N)cc3)nc2)cc1C(F)(F)F. The molecule has 4 N–H and O–H groups in total. The number of carbonyl (C=O) groups is 1. The minimum atomic E-state index is -4.53. The number of hydrogen-bond donors (Lipinski definition) is 3. The molecular formula is C24H18ClF3N6O2. The molecule has 8 nitrogen and oxygen atoms in total. The summed E-state index contributed by atoms with van der Waals surface area (Å²) in [7, 11) is 0. The van der Waals surface area contributed by atoms with Crippen LogP contribution in [0.15, 0.2) is 67.1 Å². The van der Waals surface area contributed by atoms with Gasteiger partial charge in [-0.25, -0.2) is 19.7 Å². The van der Waals surface area contributed by atoms with Gasteiger partial charge < -0.3 is 21.1 Å². The average Bonchev–Trinajstić information content (AvgIpc) is 2.83. The summed E-state index contributed by atoms with van der Waals surface area (Å²) < 4.78 is 44.8. The van der Waals surface area contributed by atoms with Crippen molar-refractivity contribution in [2.24, 2.45) is 0 Å². The van der Waals surface area contributed by atoms with Crippen molar-refractivity contribution < 1.29 is 22.7 Å². The number of nitrogens with one attached hydrogen (secondary N) is 2. The lowest BCUT2D eigenvalue weighted by Crippen LogP contribution is -2.20. The molecule has 0 unspecified atom stereocenters. The summed E-state index contributed by atoms with van der Waals surface area (Å²) in [6.45, 7) is 1.34. The van der Waals surface area contributed by atoms with Crippen LogP contribution in [0.1, 0.15) is 11.1 Å². The minimum Gasteiger partial charge on any atom is -0.424 e. The summed E-state index contributed by atoms with van der Waals surface area (Å²) >= 11 is 5.99. The van der Waals surface area contributed by atoms with Crippen molar-refractivity contribution in [1.82, 2.24) is 15.0 Å². The number of hydrogen-bond acceptors (Lipinski definition) is 6. The third kappa shape index (κ3) is 5.99. The maximum Gasteiger partial charge on any atom is 0.416 e. The van der Waals surface area contributed by atoms with E-state index in [0.29, 0.717) is 22.2 Å². The predicted molar refractivity (Wildman–Crippen MR) is 130 cm³/mol. The van der Waals surface area contributed by atoms with Gasteiger partial charge in [-0.15, -0.1) is 0 Å². The van der Waals surface area contributed by atoms with E-state index in [9.17, 15) is 18.0 Å². The molecule has 0 atom stereocenters. The Morgan fingerprint density at radius 3 is 2.28 bits per heavy atom. The number of aromatic nitrogens is 3. The van der Waals surface area contributed by atoms with E-state index in [4.69, 9.17) is 22.1 Å². The van der Waals surface area contributed by atoms with E-state index in [0.717, 1.165) is 11.6 Å². The van der Waals surface area contributed by atoms with Crippen LogP contribution < -0.4 is 21.1 Å². The lowest BCUT2D eigenvalue weighted by Gasteiger charge is -2.13. The van der Waals surface area contributed by atoms with Crippen molar-refractivity contribution in [3.63, 3.8) is 0 Å². The summed E-state index contributed by atoms with van der Waals surface area (Å²) in [5, 5.41) is 5.26. The molecule has 184 valence electrons. The Kier molecular flexibility index (Phi) is 6.93. The highest BCUT2D eigenvalue weighted by atomic mass is 35.5. The standard InChI is InChI=1S/C24H18ClF3N6O2/c1-13-2-5-16(9-20(13)24(26,27)28)33-22(35)34-17-11-31-23(32-12-17)36-18-6-3-14(4-7-18)19-8-15(25)10-30-21(19)29/h2-12H,1H3,(H2,29,30)(H2,33,34,35). The summed E-state index contributed by atoms with van der Waals surface area (Å²) in [6.07, 6.45) is -0.471. The van der Waals surface area contributed by atoms with Gasteiger partial charge in [-0.1, -0.05) is 29.8 Å². The lowest BCUT2D eigenvalue weighted by atomic mass is 10.1. The Balaban J connectivity index is 1.37. The van der Waals surface area contributed by atoms with Crippen LogP contribution in [0.25, 0.3) is 11.1 Å². The van der Waals surface area contributed by atoms with E-state index in [1.165, 1.54) is 37.6 Å². The second-order valence-corrected chi connectivity index (χ2v) is 8.01. The van der Waals surface area contributed by atoms with Crippen molar-refractivity contribution >= 4 is 34.8 Å². The van der Waals surface area contributed by atoms with Gasteiger partial charge in [0, 0.05) is 17.4 Å². The summed E-state index contributed by atoms with van der Waals surface area (Å²) in [5.74, 6) is 0.789. The van der Waals surface area contributed by atoms with Gasteiger partial charge >= 0.3 is 18.2 Å². The highest BCUT2D eigenvalue weighted by molar-refractivity contribution is 6.30. The van der Waals surface area contributed by atoms with Crippen molar-refractivity contribution in [2.75, 3.05) is 16.4 Å². The predicted octanol–water partition coefficient (Wildman–Crippen LogP) is 6.54. The first-order valence-electron chi connectivity index (χ1n) is 10.4. The van der Waals surface area contributed by atoms with Crippen LogP contribution >= 0.6 is 11.6 Å². The fraction of sp³-hybridized carbons (Fsp3) is 0.0833. The first-order chi connectivity index (χ1) is 17.1. The molecule has 0 aliphatic heterocycles. The van der Waals surface area contributed by atoms with Crippen molar-refractivity contribution in [3.05, 3.63) is 83.3 Å². The van der Waals surface area contributed by atoms with E-state index in [1.807, 2.05) is 0 Å². The number of nitrogens with zero attached hydrogens (tertiary/aromatic N) is 3. The zero-order valence-corrected chi connectivity index (χ0v) is 19.4. The Bertz CT molecular complexity index is 1400. The number of nitrogens with two attached hydrogens (primary N) is 1. The first-order valence-corrected chi connectivity index (χ1v) is 10.7. The van der Waals surface area contributed by atoms with Gasteiger partial charge in [-0.2, -0.15) is 13.2 Å². The first kappa shape index (κ1) is 24.7. The van der Waals surface area contributed by atoms with Gasteiger partial charge in [0.2, 0.25) is 0 Å². The highest BCUT2D eigenvalue weighted by Crippen LogP contribution is 2.33. The molecule has 4 aromatic rings. The lowest BCUT2D eigenvalue weighted by molar-refractivity contribution is -0.138. The number of halogens is 4. The van der Waals surface area contributed by atoms with Crippen LogP contribution in [-0.4, -0.2) is 21.0 Å². The Labute approximate surface area is 208 Å². The number of ether oxygens (including phenoxy) is 1. The molecule has 4 rings (SSSR count). The molecule has 0 aliphatic carbocycles.